The van der Waals surface area contributed by atoms with Crippen LogP contribution >= 0.6 is 0 Å². The second kappa shape index (κ2) is 4.33. The summed E-state index contributed by atoms with van der Waals surface area (Å²) in [7, 11) is 0. The Labute approximate surface area is 97.6 Å². The molecule has 2 rings (SSSR count). The first kappa shape index (κ1) is 11.3. The molecule has 0 aliphatic heterocycles. The van der Waals surface area contributed by atoms with Crippen molar-refractivity contribution in [1.82, 2.24) is 4.98 Å². The minimum atomic E-state index is -1.05. The zero-order valence-corrected chi connectivity index (χ0v) is 9.14. The zero-order valence-electron chi connectivity index (χ0n) is 9.14. The van der Waals surface area contributed by atoms with Crippen LogP contribution in [0.15, 0.2) is 36.7 Å². The largest absolute Gasteiger partial charge is 0.478 e. The lowest BCUT2D eigenvalue weighted by atomic mass is 10.0. The first-order valence-corrected chi connectivity index (χ1v) is 5.03. The molecule has 0 radical (unpaired) electrons. The number of carbonyl (C=O) groups is 1. The van der Waals surface area contributed by atoms with E-state index in [-0.39, 0.29) is 11.4 Å². The topological polar surface area (TPSA) is 50.2 Å². The molecule has 1 aromatic heterocycles. The summed E-state index contributed by atoms with van der Waals surface area (Å²) in [6.45, 7) is 1.65. The average molecular weight is 231 g/mol. The van der Waals surface area contributed by atoms with Crippen molar-refractivity contribution in [3.05, 3.63) is 53.6 Å². The molecule has 2 aromatic rings. The SMILES string of the molecule is Cc1ccc(-c2cnccc2C(=O)O)cc1F. The molecule has 0 unspecified atom stereocenters. The summed E-state index contributed by atoms with van der Waals surface area (Å²) >= 11 is 0. The van der Waals surface area contributed by atoms with E-state index in [0.29, 0.717) is 16.7 Å². The second-order valence-corrected chi connectivity index (χ2v) is 3.69. The van der Waals surface area contributed by atoms with Gasteiger partial charge in [-0.2, -0.15) is 0 Å². The maximum Gasteiger partial charge on any atom is 0.336 e. The van der Waals surface area contributed by atoms with Crippen molar-refractivity contribution in [3.8, 4) is 11.1 Å². The minimum Gasteiger partial charge on any atom is -0.478 e. The Morgan fingerprint density at radius 2 is 2.12 bits per heavy atom. The first-order chi connectivity index (χ1) is 8.09. The van der Waals surface area contributed by atoms with Crippen molar-refractivity contribution in [3.63, 3.8) is 0 Å². The van der Waals surface area contributed by atoms with Crippen molar-refractivity contribution < 1.29 is 14.3 Å². The van der Waals surface area contributed by atoms with Gasteiger partial charge in [0, 0.05) is 18.0 Å². The quantitative estimate of drug-likeness (QED) is 0.864. The number of nitrogens with zero attached hydrogens (tertiary/aromatic N) is 1. The van der Waals surface area contributed by atoms with Crippen LogP contribution in [0.4, 0.5) is 4.39 Å². The number of benzene rings is 1. The Bertz CT molecular complexity index is 581. The average Bonchev–Trinajstić information content (AvgIpc) is 2.32. The third kappa shape index (κ3) is 2.15. The molecule has 86 valence electrons. The van der Waals surface area contributed by atoms with Crippen molar-refractivity contribution in [2.75, 3.05) is 0 Å². The summed E-state index contributed by atoms with van der Waals surface area (Å²) in [4.78, 5) is 14.9. The maximum absolute atomic E-state index is 13.4. The van der Waals surface area contributed by atoms with E-state index in [1.807, 2.05) is 0 Å². The lowest BCUT2D eigenvalue weighted by Gasteiger charge is -2.06. The molecular formula is C13H10FNO2. The van der Waals surface area contributed by atoms with E-state index in [2.05, 4.69) is 4.98 Å². The predicted octanol–water partition coefficient (Wildman–Crippen LogP) is 2.89. The number of aromatic nitrogens is 1. The highest BCUT2D eigenvalue weighted by molar-refractivity contribution is 5.95. The molecule has 17 heavy (non-hydrogen) atoms. The summed E-state index contributed by atoms with van der Waals surface area (Å²) in [5.74, 6) is -1.41. The maximum atomic E-state index is 13.4. The van der Waals surface area contributed by atoms with Gasteiger partial charge in [-0.25, -0.2) is 9.18 Å². The van der Waals surface area contributed by atoms with E-state index in [0.717, 1.165) is 0 Å². The minimum absolute atomic E-state index is 0.114. The van der Waals surface area contributed by atoms with Gasteiger partial charge in [-0.15, -0.1) is 0 Å². The van der Waals surface area contributed by atoms with Crippen molar-refractivity contribution >= 4 is 5.97 Å². The molecule has 0 saturated heterocycles. The molecule has 1 aromatic carbocycles. The molecule has 0 aliphatic carbocycles. The standard InChI is InChI=1S/C13H10FNO2/c1-8-2-3-9(6-12(8)14)11-7-15-5-4-10(11)13(16)17/h2-7H,1H3,(H,16,17). The Kier molecular flexibility index (Phi) is 2.87. The molecule has 3 nitrogen and oxygen atoms in total. The van der Waals surface area contributed by atoms with Crippen LogP contribution in [0.25, 0.3) is 11.1 Å². The smallest absolute Gasteiger partial charge is 0.336 e. The van der Waals surface area contributed by atoms with Crippen molar-refractivity contribution in [2.24, 2.45) is 0 Å². The fourth-order valence-corrected chi connectivity index (χ4v) is 1.57. The monoisotopic (exact) mass is 231 g/mol. The molecule has 1 N–H and O–H groups in total. The zero-order chi connectivity index (χ0) is 12.4. The summed E-state index contributed by atoms with van der Waals surface area (Å²) in [6, 6.07) is 6.01. The lowest BCUT2D eigenvalue weighted by Crippen LogP contribution is -2.00. The van der Waals surface area contributed by atoms with Gasteiger partial charge in [-0.1, -0.05) is 12.1 Å². The number of carboxylic acids is 1. The molecule has 0 amide bonds. The lowest BCUT2D eigenvalue weighted by molar-refractivity contribution is 0.0697. The van der Waals surface area contributed by atoms with Crippen LogP contribution < -0.4 is 0 Å². The van der Waals surface area contributed by atoms with Gasteiger partial charge in [-0.3, -0.25) is 4.98 Å². The fourth-order valence-electron chi connectivity index (χ4n) is 1.57. The van der Waals surface area contributed by atoms with E-state index in [4.69, 9.17) is 5.11 Å². The van der Waals surface area contributed by atoms with Gasteiger partial charge in [-0.05, 0) is 30.2 Å². The third-order valence-corrected chi connectivity index (χ3v) is 2.53. The van der Waals surface area contributed by atoms with Crippen LogP contribution in [0, 0.1) is 12.7 Å². The van der Waals surface area contributed by atoms with E-state index in [9.17, 15) is 9.18 Å². The molecule has 0 fully saturated rings. The van der Waals surface area contributed by atoms with Gasteiger partial charge < -0.3 is 5.11 Å². The van der Waals surface area contributed by atoms with Gasteiger partial charge >= 0.3 is 5.97 Å². The third-order valence-electron chi connectivity index (χ3n) is 2.53. The van der Waals surface area contributed by atoms with Crippen molar-refractivity contribution in [1.29, 1.82) is 0 Å². The number of carboxylic acid groups (broad SMARTS) is 1. The summed E-state index contributed by atoms with van der Waals surface area (Å²) < 4.78 is 13.4. The molecule has 0 aliphatic rings. The number of rotatable bonds is 2. The van der Waals surface area contributed by atoms with Crippen molar-refractivity contribution in [2.45, 2.75) is 6.92 Å². The van der Waals surface area contributed by atoms with Gasteiger partial charge in [0.25, 0.3) is 0 Å². The van der Waals surface area contributed by atoms with Gasteiger partial charge in [0.15, 0.2) is 0 Å². The number of hydrogen-bond donors (Lipinski definition) is 1. The highest BCUT2D eigenvalue weighted by Crippen LogP contribution is 2.24. The van der Waals surface area contributed by atoms with Crippen LogP contribution in [0.3, 0.4) is 0 Å². The summed E-state index contributed by atoms with van der Waals surface area (Å²) in [6.07, 6.45) is 2.82. The van der Waals surface area contributed by atoms with E-state index >= 15 is 0 Å². The van der Waals surface area contributed by atoms with Crippen LogP contribution in [0.2, 0.25) is 0 Å². The number of pyridine rings is 1. The van der Waals surface area contributed by atoms with Crippen LogP contribution in [0.5, 0.6) is 0 Å². The Morgan fingerprint density at radius 3 is 2.76 bits per heavy atom. The van der Waals surface area contributed by atoms with Gasteiger partial charge in [0.05, 0.1) is 5.56 Å². The predicted molar refractivity (Wildman–Crippen MR) is 61.3 cm³/mol. The number of aryl methyl sites for hydroxylation is 1. The molecule has 0 atom stereocenters. The Hall–Kier alpha value is -2.23. The van der Waals surface area contributed by atoms with Crippen LogP contribution in [-0.4, -0.2) is 16.1 Å². The molecule has 1 heterocycles. The first-order valence-electron chi connectivity index (χ1n) is 5.03. The Morgan fingerprint density at radius 1 is 1.35 bits per heavy atom. The number of aromatic carboxylic acids is 1. The van der Waals surface area contributed by atoms with Crippen LogP contribution in [0.1, 0.15) is 15.9 Å². The Balaban J connectivity index is 2.60. The van der Waals surface area contributed by atoms with E-state index < -0.39 is 5.97 Å². The summed E-state index contributed by atoms with van der Waals surface area (Å²) in [5.41, 5.74) is 1.57. The number of hydrogen-bond acceptors (Lipinski definition) is 2. The summed E-state index contributed by atoms with van der Waals surface area (Å²) in [5, 5.41) is 9.03. The number of halogens is 1. The highest BCUT2D eigenvalue weighted by Gasteiger charge is 2.12. The van der Waals surface area contributed by atoms with E-state index in [1.54, 1.807) is 19.1 Å². The second-order valence-electron chi connectivity index (χ2n) is 3.69. The molecule has 4 heteroatoms. The molecule has 0 saturated carbocycles. The molecular weight excluding hydrogens is 221 g/mol. The van der Waals surface area contributed by atoms with Crippen LogP contribution in [-0.2, 0) is 0 Å². The van der Waals surface area contributed by atoms with Gasteiger partial charge in [0.1, 0.15) is 5.82 Å². The van der Waals surface area contributed by atoms with Gasteiger partial charge in [0.2, 0.25) is 0 Å². The van der Waals surface area contributed by atoms with E-state index in [1.165, 1.54) is 24.5 Å². The molecule has 0 spiro atoms. The molecule has 0 bridgehead atoms. The fraction of sp³-hybridized carbons (Fsp3) is 0.0769. The normalized spacial score (nSPS) is 10.2. The highest BCUT2D eigenvalue weighted by atomic mass is 19.1.